The summed E-state index contributed by atoms with van der Waals surface area (Å²) in [5.41, 5.74) is 0. The number of morpholine rings is 1. The Hall–Kier alpha value is -1.40. The van der Waals surface area contributed by atoms with Crippen molar-refractivity contribution in [2.75, 3.05) is 39.1 Å². The fourth-order valence-corrected chi connectivity index (χ4v) is 3.46. The number of para-hydroxylation sites is 1. The first kappa shape index (κ1) is 17.9. The average Bonchev–Trinajstić information content (AvgIpc) is 2.58. The summed E-state index contributed by atoms with van der Waals surface area (Å²) in [6.07, 6.45) is 0.119. The number of carbonyl (C=O) groups excluding carboxylic acids is 1. The van der Waals surface area contributed by atoms with Crippen molar-refractivity contribution in [1.82, 2.24) is 10.2 Å². The zero-order chi connectivity index (χ0) is 16.7. The van der Waals surface area contributed by atoms with Gasteiger partial charge < -0.3 is 19.7 Å². The molecule has 6 heteroatoms. The van der Waals surface area contributed by atoms with Gasteiger partial charge in [-0.05, 0) is 25.0 Å². The van der Waals surface area contributed by atoms with E-state index < -0.39 is 0 Å². The first-order valence-electron chi connectivity index (χ1n) is 8.00. The number of thioether (sulfide) groups is 1. The van der Waals surface area contributed by atoms with Crippen molar-refractivity contribution < 1.29 is 14.3 Å². The van der Waals surface area contributed by atoms with E-state index in [2.05, 4.69) is 18.3 Å². The summed E-state index contributed by atoms with van der Waals surface area (Å²) in [5, 5.41) is 3.02. The van der Waals surface area contributed by atoms with Crippen LogP contribution in [0.15, 0.2) is 29.2 Å². The molecule has 128 valence electrons. The van der Waals surface area contributed by atoms with Gasteiger partial charge in [-0.2, -0.15) is 0 Å². The number of hydrogen-bond donors (Lipinski definition) is 1. The molecule has 1 heterocycles. The van der Waals surface area contributed by atoms with Crippen LogP contribution in [0.25, 0.3) is 0 Å². The zero-order valence-electron chi connectivity index (χ0n) is 14.1. The van der Waals surface area contributed by atoms with Gasteiger partial charge in [0.05, 0.1) is 19.8 Å². The summed E-state index contributed by atoms with van der Waals surface area (Å²) in [5.74, 6) is 2.21. The lowest BCUT2D eigenvalue weighted by molar-refractivity contribution is -0.00352. The van der Waals surface area contributed by atoms with Crippen molar-refractivity contribution in [3.63, 3.8) is 0 Å². The second-order valence-corrected chi connectivity index (χ2v) is 6.94. The third kappa shape index (κ3) is 5.62. The molecule has 1 aliphatic rings. The molecule has 1 aromatic carbocycles. The lowest BCUT2D eigenvalue weighted by atomic mass is 10.2. The predicted octanol–water partition coefficient (Wildman–Crippen LogP) is 2.85. The van der Waals surface area contributed by atoms with Gasteiger partial charge in [0.1, 0.15) is 5.75 Å². The third-order valence-electron chi connectivity index (χ3n) is 3.72. The number of methoxy groups -OCH3 is 1. The Kier molecular flexibility index (Phi) is 7.05. The molecule has 1 aliphatic heterocycles. The maximum absolute atomic E-state index is 12.2. The minimum absolute atomic E-state index is 0.00860. The van der Waals surface area contributed by atoms with Crippen molar-refractivity contribution in [2.24, 2.45) is 5.92 Å². The summed E-state index contributed by atoms with van der Waals surface area (Å²) in [7, 11) is 1.69. The second-order valence-electron chi connectivity index (χ2n) is 5.88. The molecule has 5 nitrogen and oxygen atoms in total. The minimum Gasteiger partial charge on any atom is -0.496 e. The number of rotatable bonds is 6. The highest BCUT2D eigenvalue weighted by Crippen LogP contribution is 2.29. The van der Waals surface area contributed by atoms with Gasteiger partial charge in [-0.3, -0.25) is 0 Å². The summed E-state index contributed by atoms with van der Waals surface area (Å²) in [6.45, 7) is 6.76. The molecule has 0 spiro atoms. The summed E-state index contributed by atoms with van der Waals surface area (Å²) in [6, 6.07) is 8.01. The maximum Gasteiger partial charge on any atom is 0.317 e. The molecule has 1 fully saturated rings. The number of benzene rings is 1. The quantitative estimate of drug-likeness (QED) is 0.811. The molecule has 1 aromatic rings. The first-order chi connectivity index (χ1) is 11.1. The van der Waals surface area contributed by atoms with E-state index in [1.54, 1.807) is 18.9 Å². The van der Waals surface area contributed by atoms with Crippen LogP contribution in [-0.4, -0.2) is 56.1 Å². The van der Waals surface area contributed by atoms with Gasteiger partial charge in [-0.15, -0.1) is 11.8 Å². The highest BCUT2D eigenvalue weighted by atomic mass is 32.2. The van der Waals surface area contributed by atoms with E-state index in [0.29, 0.717) is 32.2 Å². The number of nitrogens with one attached hydrogen (secondary N) is 1. The van der Waals surface area contributed by atoms with Crippen LogP contribution < -0.4 is 10.1 Å². The number of nitrogens with zero attached hydrogens (tertiary/aromatic N) is 1. The molecule has 23 heavy (non-hydrogen) atoms. The van der Waals surface area contributed by atoms with Gasteiger partial charge in [0.25, 0.3) is 0 Å². The molecule has 1 saturated heterocycles. The molecule has 1 N–H and O–H groups in total. The third-order valence-corrected chi connectivity index (χ3v) is 5.11. The van der Waals surface area contributed by atoms with E-state index in [-0.39, 0.29) is 12.1 Å². The Morgan fingerprint density at radius 3 is 3.04 bits per heavy atom. The molecule has 0 radical (unpaired) electrons. The summed E-state index contributed by atoms with van der Waals surface area (Å²) >= 11 is 1.76. The molecule has 2 amide bonds. The van der Waals surface area contributed by atoms with Crippen molar-refractivity contribution in [2.45, 2.75) is 24.8 Å². The van der Waals surface area contributed by atoms with E-state index in [0.717, 1.165) is 16.4 Å². The molecule has 2 atom stereocenters. The number of carbonyl (C=O) groups is 1. The van der Waals surface area contributed by atoms with Crippen LogP contribution in [0.5, 0.6) is 5.75 Å². The normalized spacial score (nSPS) is 19.3. The number of ether oxygens (including phenoxy) is 2. The highest BCUT2D eigenvalue weighted by Gasteiger charge is 2.21. The predicted molar refractivity (Wildman–Crippen MR) is 93.3 cm³/mol. The largest absolute Gasteiger partial charge is 0.496 e. The Bertz CT molecular complexity index is 512. The molecule has 0 unspecified atom stereocenters. The highest BCUT2D eigenvalue weighted by molar-refractivity contribution is 7.99. The maximum atomic E-state index is 12.2. The fourth-order valence-electron chi connectivity index (χ4n) is 2.41. The average molecular weight is 338 g/mol. The fraction of sp³-hybridized carbons (Fsp3) is 0.588. The summed E-state index contributed by atoms with van der Waals surface area (Å²) in [4.78, 5) is 15.1. The lowest BCUT2D eigenvalue weighted by Crippen LogP contribution is -2.49. The van der Waals surface area contributed by atoms with E-state index in [1.165, 1.54) is 0 Å². The standard InChI is InChI=1S/C17H26N2O3S/c1-13(12-23-16-7-5-4-6-15(16)21-3)10-18-17(20)19-8-9-22-14(2)11-19/h4-7,13-14H,8-12H2,1-3H3,(H,18,20)/t13-,14+/m1/s1. The Labute approximate surface area is 142 Å². The zero-order valence-corrected chi connectivity index (χ0v) is 14.9. The van der Waals surface area contributed by atoms with Crippen molar-refractivity contribution >= 4 is 17.8 Å². The number of hydrogen-bond acceptors (Lipinski definition) is 4. The van der Waals surface area contributed by atoms with Crippen molar-refractivity contribution in [1.29, 1.82) is 0 Å². The van der Waals surface area contributed by atoms with E-state index in [4.69, 9.17) is 9.47 Å². The molecule has 2 rings (SSSR count). The van der Waals surface area contributed by atoms with Gasteiger partial charge in [0.15, 0.2) is 0 Å². The van der Waals surface area contributed by atoms with E-state index in [9.17, 15) is 4.79 Å². The Morgan fingerprint density at radius 2 is 2.30 bits per heavy atom. The van der Waals surface area contributed by atoms with Crippen LogP contribution in [-0.2, 0) is 4.74 Å². The van der Waals surface area contributed by atoms with Gasteiger partial charge in [-0.1, -0.05) is 19.1 Å². The van der Waals surface area contributed by atoms with Crippen LogP contribution >= 0.6 is 11.8 Å². The van der Waals surface area contributed by atoms with Crippen LogP contribution in [0.1, 0.15) is 13.8 Å². The van der Waals surface area contributed by atoms with Crippen molar-refractivity contribution in [3.8, 4) is 5.75 Å². The molecule has 0 aromatic heterocycles. The SMILES string of the molecule is COc1ccccc1SC[C@H](C)CNC(=O)N1CCO[C@@H](C)C1. The molecule has 0 bridgehead atoms. The van der Waals surface area contributed by atoms with Crippen molar-refractivity contribution in [3.05, 3.63) is 24.3 Å². The van der Waals surface area contributed by atoms with Gasteiger partial charge >= 0.3 is 6.03 Å². The Morgan fingerprint density at radius 1 is 1.52 bits per heavy atom. The van der Waals surface area contributed by atoms with E-state index >= 15 is 0 Å². The van der Waals surface area contributed by atoms with Crippen LogP contribution in [0, 0.1) is 5.92 Å². The number of amides is 2. The van der Waals surface area contributed by atoms with Crippen LogP contribution in [0.4, 0.5) is 4.79 Å². The molecule has 0 saturated carbocycles. The smallest absolute Gasteiger partial charge is 0.317 e. The van der Waals surface area contributed by atoms with Gasteiger partial charge in [0, 0.05) is 30.3 Å². The lowest BCUT2D eigenvalue weighted by Gasteiger charge is -2.31. The topological polar surface area (TPSA) is 50.8 Å². The monoisotopic (exact) mass is 338 g/mol. The minimum atomic E-state index is 0.00860. The molecular weight excluding hydrogens is 312 g/mol. The van der Waals surface area contributed by atoms with Gasteiger partial charge in [0.2, 0.25) is 0 Å². The van der Waals surface area contributed by atoms with Gasteiger partial charge in [-0.25, -0.2) is 4.79 Å². The molecular formula is C17H26N2O3S. The van der Waals surface area contributed by atoms with Crippen LogP contribution in [0.3, 0.4) is 0 Å². The molecule has 0 aliphatic carbocycles. The first-order valence-corrected chi connectivity index (χ1v) is 8.99. The number of urea groups is 1. The summed E-state index contributed by atoms with van der Waals surface area (Å²) < 4.78 is 10.8. The van der Waals surface area contributed by atoms with Crippen LogP contribution in [0.2, 0.25) is 0 Å². The van der Waals surface area contributed by atoms with E-state index in [1.807, 2.05) is 30.0 Å². The second kappa shape index (κ2) is 9.03. The Balaban J connectivity index is 1.72.